The second kappa shape index (κ2) is 7.80. The minimum Gasteiger partial charge on any atom is -0.457 e. The van der Waals surface area contributed by atoms with Crippen molar-refractivity contribution in [3.8, 4) is 34.4 Å². The number of para-hydroxylation sites is 6. The van der Waals surface area contributed by atoms with Crippen molar-refractivity contribution in [2.75, 3.05) is 4.90 Å². The van der Waals surface area contributed by atoms with Gasteiger partial charge in [-0.3, -0.25) is 9.97 Å². The van der Waals surface area contributed by atoms with Crippen molar-refractivity contribution in [1.82, 2.24) is 9.97 Å². The molecule has 0 bridgehead atoms. The topological polar surface area (TPSA) is 47.5 Å². The van der Waals surface area contributed by atoms with E-state index in [0.717, 1.165) is 73.7 Å². The van der Waals surface area contributed by atoms with Crippen molar-refractivity contribution in [3.63, 3.8) is 0 Å². The molecular formula is C35H21N3O2. The quantitative estimate of drug-likeness (QED) is 0.219. The second-order valence-corrected chi connectivity index (χ2v) is 10.2. The molecule has 1 spiro atoms. The highest BCUT2D eigenvalue weighted by molar-refractivity contribution is 5.90. The van der Waals surface area contributed by atoms with Crippen LogP contribution in [0.15, 0.2) is 128 Å². The zero-order chi connectivity index (χ0) is 26.3. The van der Waals surface area contributed by atoms with Gasteiger partial charge in [-0.15, -0.1) is 0 Å². The Morgan fingerprint density at radius 1 is 0.500 bits per heavy atom. The molecule has 3 aliphatic rings. The summed E-state index contributed by atoms with van der Waals surface area (Å²) in [4.78, 5) is 12.2. The number of benzene rings is 4. The van der Waals surface area contributed by atoms with E-state index in [2.05, 4.69) is 53.4 Å². The summed E-state index contributed by atoms with van der Waals surface area (Å²) in [6.07, 6.45) is 3.80. The summed E-state index contributed by atoms with van der Waals surface area (Å²) in [5.74, 6) is 3.30. The average molecular weight is 516 g/mol. The summed E-state index contributed by atoms with van der Waals surface area (Å²) < 4.78 is 12.8. The van der Waals surface area contributed by atoms with E-state index in [1.54, 1.807) is 0 Å². The summed E-state index contributed by atoms with van der Waals surface area (Å²) in [7, 11) is 0. The zero-order valence-corrected chi connectivity index (χ0v) is 21.3. The van der Waals surface area contributed by atoms with Gasteiger partial charge in [0.2, 0.25) is 0 Å². The number of fused-ring (bicyclic) bond motifs is 11. The summed E-state index contributed by atoms with van der Waals surface area (Å²) in [6, 6.07) is 39.4. The molecule has 0 saturated carbocycles. The Morgan fingerprint density at radius 3 is 1.70 bits per heavy atom. The van der Waals surface area contributed by atoms with Crippen LogP contribution >= 0.6 is 0 Å². The van der Waals surface area contributed by atoms with Crippen molar-refractivity contribution in [2.45, 2.75) is 5.41 Å². The maximum absolute atomic E-state index is 6.47. The molecule has 188 valence electrons. The summed E-state index contributed by atoms with van der Waals surface area (Å²) in [6.45, 7) is 0. The molecule has 40 heavy (non-hydrogen) atoms. The first kappa shape index (κ1) is 21.5. The van der Waals surface area contributed by atoms with Crippen LogP contribution < -0.4 is 14.4 Å². The van der Waals surface area contributed by atoms with Gasteiger partial charge in [0.1, 0.15) is 11.5 Å². The summed E-state index contributed by atoms with van der Waals surface area (Å²) in [5, 5.41) is 0. The standard InChI is InChI=1S/C35H21N3O2/c1-5-15-29-23(10-1)35(24-11-2-6-16-30(24)39-29)25-12-9-19-36-33(25)34-26(35)20-22(21-37-34)38-27-13-3-7-17-31(27)40-32-18-8-4-14-28(32)38/h1-21H. The van der Waals surface area contributed by atoms with Gasteiger partial charge in [0, 0.05) is 22.9 Å². The van der Waals surface area contributed by atoms with Crippen LogP contribution in [0.3, 0.4) is 0 Å². The van der Waals surface area contributed by atoms with Gasteiger partial charge in [-0.25, -0.2) is 0 Å². The Hall–Kier alpha value is -5.42. The van der Waals surface area contributed by atoms with Gasteiger partial charge in [0.05, 0.1) is 40.1 Å². The van der Waals surface area contributed by atoms with Crippen molar-refractivity contribution >= 4 is 17.1 Å². The van der Waals surface area contributed by atoms with Crippen molar-refractivity contribution in [3.05, 3.63) is 150 Å². The Kier molecular flexibility index (Phi) is 4.20. The van der Waals surface area contributed by atoms with E-state index in [1.807, 2.05) is 79.1 Å². The molecule has 2 aliphatic heterocycles. The van der Waals surface area contributed by atoms with E-state index < -0.39 is 5.41 Å². The molecule has 0 radical (unpaired) electrons. The van der Waals surface area contributed by atoms with Crippen LogP contribution in [0.25, 0.3) is 11.4 Å². The first-order valence-corrected chi connectivity index (χ1v) is 13.3. The number of hydrogen-bond donors (Lipinski definition) is 0. The van der Waals surface area contributed by atoms with Gasteiger partial charge in [-0.05, 0) is 54.1 Å². The van der Waals surface area contributed by atoms with Gasteiger partial charge in [-0.2, -0.15) is 0 Å². The third kappa shape index (κ3) is 2.66. The van der Waals surface area contributed by atoms with Crippen LogP contribution in [0.4, 0.5) is 17.1 Å². The molecule has 4 aromatic carbocycles. The highest BCUT2D eigenvalue weighted by atomic mass is 16.5. The maximum Gasteiger partial charge on any atom is 0.151 e. The molecule has 0 saturated heterocycles. The van der Waals surface area contributed by atoms with Gasteiger partial charge >= 0.3 is 0 Å². The van der Waals surface area contributed by atoms with Crippen LogP contribution in [0.1, 0.15) is 22.3 Å². The van der Waals surface area contributed by atoms with Crippen LogP contribution in [-0.2, 0) is 5.41 Å². The Bertz CT molecular complexity index is 1910. The number of nitrogens with zero attached hydrogens (tertiary/aromatic N) is 3. The monoisotopic (exact) mass is 515 g/mol. The van der Waals surface area contributed by atoms with Crippen LogP contribution in [0.5, 0.6) is 23.0 Å². The lowest BCUT2D eigenvalue weighted by molar-refractivity contribution is 0.436. The van der Waals surface area contributed by atoms with Crippen molar-refractivity contribution in [1.29, 1.82) is 0 Å². The largest absolute Gasteiger partial charge is 0.457 e. The number of pyridine rings is 2. The molecule has 5 nitrogen and oxygen atoms in total. The fourth-order valence-corrected chi connectivity index (χ4v) is 6.65. The lowest BCUT2D eigenvalue weighted by Gasteiger charge is -2.39. The lowest BCUT2D eigenvalue weighted by atomic mass is 9.66. The minimum absolute atomic E-state index is 0.626. The average Bonchev–Trinajstić information content (AvgIpc) is 3.30. The Labute approximate surface area is 230 Å². The fraction of sp³-hybridized carbons (Fsp3) is 0.0286. The highest BCUT2D eigenvalue weighted by Gasteiger charge is 2.52. The van der Waals surface area contributed by atoms with E-state index in [1.165, 1.54) is 0 Å². The van der Waals surface area contributed by atoms with Crippen LogP contribution in [0, 0.1) is 0 Å². The van der Waals surface area contributed by atoms with Crippen molar-refractivity contribution in [2.24, 2.45) is 0 Å². The van der Waals surface area contributed by atoms with Crippen LogP contribution in [0.2, 0.25) is 0 Å². The normalized spacial score (nSPS) is 14.6. The van der Waals surface area contributed by atoms with E-state index in [4.69, 9.17) is 19.4 Å². The maximum atomic E-state index is 6.47. The molecular weight excluding hydrogens is 494 g/mol. The van der Waals surface area contributed by atoms with Crippen molar-refractivity contribution < 1.29 is 9.47 Å². The molecule has 5 heteroatoms. The molecule has 0 fully saturated rings. The predicted octanol–water partition coefficient (Wildman–Crippen LogP) is 8.52. The molecule has 6 aromatic rings. The van der Waals surface area contributed by atoms with Gasteiger partial charge in [0.15, 0.2) is 11.5 Å². The number of aromatic nitrogens is 2. The third-order valence-electron chi connectivity index (χ3n) is 8.21. The zero-order valence-electron chi connectivity index (χ0n) is 21.3. The molecule has 0 atom stereocenters. The molecule has 9 rings (SSSR count). The third-order valence-corrected chi connectivity index (χ3v) is 8.21. The summed E-state index contributed by atoms with van der Waals surface area (Å²) in [5.41, 5.74) is 8.43. The second-order valence-electron chi connectivity index (χ2n) is 10.2. The summed E-state index contributed by atoms with van der Waals surface area (Å²) >= 11 is 0. The predicted molar refractivity (Wildman–Crippen MR) is 154 cm³/mol. The minimum atomic E-state index is -0.626. The molecule has 2 aromatic heterocycles. The first-order chi connectivity index (χ1) is 19.8. The molecule has 0 N–H and O–H groups in total. The van der Waals surface area contributed by atoms with E-state index in [9.17, 15) is 0 Å². The van der Waals surface area contributed by atoms with Crippen LogP contribution in [-0.4, -0.2) is 9.97 Å². The van der Waals surface area contributed by atoms with E-state index in [-0.39, 0.29) is 0 Å². The fourth-order valence-electron chi connectivity index (χ4n) is 6.65. The molecule has 4 heterocycles. The Morgan fingerprint density at radius 2 is 1.02 bits per heavy atom. The Balaban J connectivity index is 1.38. The number of anilines is 3. The highest BCUT2D eigenvalue weighted by Crippen LogP contribution is 2.62. The molecule has 1 aliphatic carbocycles. The molecule has 0 amide bonds. The number of ether oxygens (including phenoxy) is 2. The van der Waals surface area contributed by atoms with Gasteiger partial charge < -0.3 is 14.4 Å². The van der Waals surface area contributed by atoms with Gasteiger partial charge in [-0.1, -0.05) is 66.7 Å². The smallest absolute Gasteiger partial charge is 0.151 e. The number of rotatable bonds is 1. The van der Waals surface area contributed by atoms with E-state index >= 15 is 0 Å². The van der Waals surface area contributed by atoms with Gasteiger partial charge in [0.25, 0.3) is 0 Å². The first-order valence-electron chi connectivity index (χ1n) is 13.3. The van der Waals surface area contributed by atoms with E-state index in [0.29, 0.717) is 0 Å². The lowest BCUT2D eigenvalue weighted by Crippen LogP contribution is -2.32. The molecule has 0 unspecified atom stereocenters. The SMILES string of the molecule is c1ccc2c(c1)Oc1ccccc1N2c1cnc2c(c1)C1(c3ccccc3Oc3ccccc31)c1cccnc1-2. The number of hydrogen-bond acceptors (Lipinski definition) is 5.